The maximum atomic E-state index is 12.6. The average Bonchev–Trinajstić information content (AvgIpc) is 3.50. The maximum absolute atomic E-state index is 12.6. The van der Waals surface area contributed by atoms with E-state index < -0.39 is 0 Å². The fourth-order valence-electron chi connectivity index (χ4n) is 7.87. The molecular formula is C38H56N2O2. The van der Waals surface area contributed by atoms with Gasteiger partial charge in [-0.15, -0.1) is 0 Å². The second-order valence-corrected chi connectivity index (χ2v) is 13.5. The monoisotopic (exact) mass is 572 g/mol. The predicted octanol–water partition coefficient (Wildman–Crippen LogP) is 9.73. The Morgan fingerprint density at radius 2 is 1.29 bits per heavy atom. The van der Waals surface area contributed by atoms with Crippen LogP contribution in [0.15, 0.2) is 48.5 Å². The molecule has 3 fully saturated rings. The standard InChI is InChI=1S/C38H56N2O2/c1-2-3-4-5-6-13-26-42-38(41)40-35-27-36(39-28-35)37(33-22-18-31(19-23-33)29-14-9-7-10-15-29)34-24-20-32(21-25-34)30-16-11-8-12-17-30/h18-25,29-30,35-37,39H,2-17,26-28H2,1H3,(H,40,41)/t35-,36-/m1/s1. The molecule has 2 aromatic carbocycles. The summed E-state index contributed by atoms with van der Waals surface area (Å²) in [6.45, 7) is 3.54. The molecule has 2 aromatic rings. The first-order valence-electron chi connectivity index (χ1n) is 17.6. The van der Waals surface area contributed by atoms with Gasteiger partial charge in [0, 0.05) is 24.5 Å². The van der Waals surface area contributed by atoms with Crippen LogP contribution in [0.1, 0.15) is 156 Å². The van der Waals surface area contributed by atoms with Crippen molar-refractivity contribution in [3.63, 3.8) is 0 Å². The van der Waals surface area contributed by atoms with Crippen molar-refractivity contribution in [2.75, 3.05) is 13.2 Å². The summed E-state index contributed by atoms with van der Waals surface area (Å²) in [6.07, 6.45) is 21.4. The van der Waals surface area contributed by atoms with Crippen LogP contribution in [0, 0.1) is 0 Å². The second-order valence-electron chi connectivity index (χ2n) is 13.5. The minimum Gasteiger partial charge on any atom is -0.450 e. The van der Waals surface area contributed by atoms with Crippen LogP contribution in [-0.2, 0) is 4.74 Å². The van der Waals surface area contributed by atoms with Crippen molar-refractivity contribution >= 4 is 6.09 Å². The maximum Gasteiger partial charge on any atom is 0.407 e. The molecule has 1 heterocycles. The van der Waals surface area contributed by atoms with E-state index in [0.717, 1.165) is 37.6 Å². The molecule has 2 atom stereocenters. The van der Waals surface area contributed by atoms with E-state index in [0.29, 0.717) is 6.61 Å². The number of carbonyl (C=O) groups excluding carboxylic acids is 1. The SMILES string of the molecule is CCCCCCCCOC(=O)N[C@H]1CN[C@@H](C(c2ccc(C3CCCCC3)cc2)c2ccc(C3CCCCC3)cc2)C1. The highest BCUT2D eigenvalue weighted by Gasteiger charge is 2.33. The lowest BCUT2D eigenvalue weighted by Gasteiger charge is -2.28. The van der Waals surface area contributed by atoms with E-state index >= 15 is 0 Å². The van der Waals surface area contributed by atoms with Crippen LogP contribution < -0.4 is 10.6 Å². The van der Waals surface area contributed by atoms with Crippen molar-refractivity contribution in [3.8, 4) is 0 Å². The third-order valence-electron chi connectivity index (χ3n) is 10.4. The molecule has 0 bridgehead atoms. The molecule has 0 unspecified atom stereocenters. The van der Waals surface area contributed by atoms with E-state index in [-0.39, 0.29) is 24.1 Å². The molecule has 230 valence electrons. The first-order valence-corrected chi connectivity index (χ1v) is 17.6. The zero-order valence-corrected chi connectivity index (χ0v) is 26.3. The van der Waals surface area contributed by atoms with Crippen molar-refractivity contribution in [2.45, 2.75) is 146 Å². The van der Waals surface area contributed by atoms with Crippen LogP contribution in [0.3, 0.4) is 0 Å². The van der Waals surface area contributed by atoms with Gasteiger partial charge in [0.15, 0.2) is 0 Å². The Morgan fingerprint density at radius 3 is 1.83 bits per heavy atom. The Balaban J connectivity index is 1.22. The molecule has 2 N–H and O–H groups in total. The summed E-state index contributed by atoms with van der Waals surface area (Å²) in [6, 6.07) is 19.5. The normalized spacial score (nSPS) is 22.0. The Morgan fingerprint density at radius 1 is 0.762 bits per heavy atom. The summed E-state index contributed by atoms with van der Waals surface area (Å²) in [4.78, 5) is 12.6. The lowest BCUT2D eigenvalue weighted by Crippen LogP contribution is -2.36. The molecule has 3 aliphatic rings. The van der Waals surface area contributed by atoms with Crippen LogP contribution in [0.5, 0.6) is 0 Å². The van der Waals surface area contributed by atoms with E-state index in [1.165, 1.54) is 112 Å². The molecule has 0 radical (unpaired) electrons. The Hall–Kier alpha value is -2.33. The molecule has 2 aliphatic carbocycles. The number of unbranched alkanes of at least 4 members (excludes halogenated alkanes) is 5. The van der Waals surface area contributed by atoms with Gasteiger partial charge in [0.05, 0.1) is 6.61 Å². The molecule has 4 nitrogen and oxygen atoms in total. The molecule has 0 aromatic heterocycles. The van der Waals surface area contributed by atoms with Crippen molar-refractivity contribution in [2.24, 2.45) is 0 Å². The van der Waals surface area contributed by atoms with E-state index in [2.05, 4.69) is 66.1 Å². The zero-order chi connectivity index (χ0) is 29.0. The molecule has 4 heteroatoms. The molecule has 0 spiro atoms. The molecular weight excluding hydrogens is 516 g/mol. The smallest absolute Gasteiger partial charge is 0.407 e. The van der Waals surface area contributed by atoms with E-state index in [1.807, 2.05) is 0 Å². The van der Waals surface area contributed by atoms with Gasteiger partial charge < -0.3 is 15.4 Å². The van der Waals surface area contributed by atoms with Crippen molar-refractivity contribution in [1.82, 2.24) is 10.6 Å². The number of carbonyl (C=O) groups is 1. The molecule has 1 aliphatic heterocycles. The highest BCUT2D eigenvalue weighted by Crippen LogP contribution is 2.38. The second kappa shape index (κ2) is 16.5. The van der Waals surface area contributed by atoms with Crippen LogP contribution in [0.4, 0.5) is 4.79 Å². The number of nitrogens with one attached hydrogen (secondary N) is 2. The van der Waals surface area contributed by atoms with Gasteiger partial charge in [-0.2, -0.15) is 0 Å². The fraction of sp³-hybridized carbons (Fsp3) is 0.658. The van der Waals surface area contributed by atoms with Crippen molar-refractivity contribution in [3.05, 3.63) is 70.8 Å². The van der Waals surface area contributed by atoms with Crippen LogP contribution in [0.2, 0.25) is 0 Å². The quantitative estimate of drug-likeness (QED) is 0.235. The Bertz CT molecular complexity index is 992. The zero-order valence-electron chi connectivity index (χ0n) is 26.3. The first kappa shape index (κ1) is 31.1. The molecule has 2 saturated carbocycles. The summed E-state index contributed by atoms with van der Waals surface area (Å²) in [5.74, 6) is 1.71. The summed E-state index contributed by atoms with van der Waals surface area (Å²) in [5, 5.41) is 6.95. The third kappa shape index (κ3) is 8.85. The number of amides is 1. The fourth-order valence-corrected chi connectivity index (χ4v) is 7.87. The van der Waals surface area contributed by atoms with Crippen LogP contribution in [0.25, 0.3) is 0 Å². The molecule has 1 amide bonds. The minimum absolute atomic E-state index is 0.0950. The number of alkyl carbamates (subject to hydrolysis) is 1. The lowest BCUT2D eigenvalue weighted by molar-refractivity contribution is 0.140. The summed E-state index contributed by atoms with van der Waals surface area (Å²) < 4.78 is 5.54. The van der Waals surface area contributed by atoms with E-state index in [9.17, 15) is 4.79 Å². The summed E-state index contributed by atoms with van der Waals surface area (Å²) in [5.41, 5.74) is 5.78. The van der Waals surface area contributed by atoms with E-state index in [1.54, 1.807) is 0 Å². The highest BCUT2D eigenvalue weighted by molar-refractivity contribution is 5.67. The largest absolute Gasteiger partial charge is 0.450 e. The van der Waals surface area contributed by atoms with Gasteiger partial charge in [-0.1, -0.05) is 126 Å². The Kier molecular flexibility index (Phi) is 12.2. The number of ether oxygens (including phenoxy) is 1. The number of hydrogen-bond donors (Lipinski definition) is 2. The molecule has 5 rings (SSSR count). The van der Waals surface area contributed by atoms with Gasteiger partial charge in [0.25, 0.3) is 0 Å². The van der Waals surface area contributed by atoms with Crippen molar-refractivity contribution < 1.29 is 9.53 Å². The lowest BCUT2D eigenvalue weighted by atomic mass is 9.79. The van der Waals surface area contributed by atoms with Gasteiger partial charge in [-0.25, -0.2) is 4.79 Å². The van der Waals surface area contributed by atoms with Gasteiger partial charge >= 0.3 is 6.09 Å². The van der Waals surface area contributed by atoms with Gasteiger partial charge in [-0.3, -0.25) is 0 Å². The van der Waals surface area contributed by atoms with Crippen LogP contribution >= 0.6 is 0 Å². The molecule has 42 heavy (non-hydrogen) atoms. The third-order valence-corrected chi connectivity index (χ3v) is 10.4. The van der Waals surface area contributed by atoms with Crippen LogP contribution in [-0.4, -0.2) is 31.3 Å². The average molecular weight is 573 g/mol. The Labute approximate surface area is 255 Å². The predicted molar refractivity (Wildman–Crippen MR) is 174 cm³/mol. The number of rotatable bonds is 13. The first-order chi connectivity index (χ1) is 20.7. The van der Waals surface area contributed by atoms with Gasteiger partial charge in [0.2, 0.25) is 0 Å². The summed E-state index contributed by atoms with van der Waals surface area (Å²) in [7, 11) is 0. The van der Waals surface area contributed by atoms with Gasteiger partial charge in [-0.05, 0) is 72.6 Å². The molecule has 1 saturated heterocycles. The topological polar surface area (TPSA) is 50.4 Å². The number of benzene rings is 2. The highest BCUT2D eigenvalue weighted by atomic mass is 16.5. The van der Waals surface area contributed by atoms with Crippen molar-refractivity contribution in [1.29, 1.82) is 0 Å². The summed E-state index contributed by atoms with van der Waals surface area (Å²) >= 11 is 0. The number of hydrogen-bond acceptors (Lipinski definition) is 3. The van der Waals surface area contributed by atoms with E-state index in [4.69, 9.17) is 4.74 Å². The minimum atomic E-state index is -0.263. The van der Waals surface area contributed by atoms with Gasteiger partial charge in [0.1, 0.15) is 0 Å².